The van der Waals surface area contributed by atoms with E-state index in [1.54, 1.807) is 0 Å². The van der Waals surface area contributed by atoms with Gasteiger partial charge in [-0.25, -0.2) is 9.13 Å². The van der Waals surface area contributed by atoms with Crippen LogP contribution in [-0.4, -0.2) is 25.0 Å². The summed E-state index contributed by atoms with van der Waals surface area (Å²) in [7, 11) is -4.01. The molecule has 0 aliphatic carbocycles. The first-order chi connectivity index (χ1) is 11.2. The number of halogens is 4. The van der Waals surface area contributed by atoms with Crippen LogP contribution in [0.25, 0.3) is 0 Å². The number of aromatic nitrogens is 2. The van der Waals surface area contributed by atoms with E-state index in [4.69, 9.17) is 9.47 Å². The van der Waals surface area contributed by atoms with E-state index in [0.29, 0.717) is 19.0 Å². The molecular weight excluding hydrogens is 327 g/mol. The first-order valence-corrected chi connectivity index (χ1v) is 7.11. The summed E-state index contributed by atoms with van der Waals surface area (Å²) in [6, 6.07) is 9.64. The molecule has 0 radical (unpaired) electrons. The average molecular weight is 346 g/mol. The summed E-state index contributed by atoms with van der Waals surface area (Å²) in [5.74, 6) is 1.46. The van der Waals surface area contributed by atoms with Gasteiger partial charge in [-0.05, 0) is 12.1 Å². The van der Waals surface area contributed by atoms with Crippen molar-refractivity contribution in [1.29, 1.82) is 0 Å². The van der Waals surface area contributed by atoms with Crippen molar-refractivity contribution in [1.82, 2.24) is 4.57 Å². The number of ether oxygens (including phenoxy) is 2. The molecule has 0 unspecified atom stereocenters. The van der Waals surface area contributed by atoms with Crippen LogP contribution in [0.3, 0.4) is 0 Å². The Kier molecular flexibility index (Phi) is 7.87. The molecule has 1 heterocycles. The van der Waals surface area contributed by atoms with Crippen LogP contribution >= 0.6 is 0 Å². The molecule has 0 fully saturated rings. The van der Waals surface area contributed by atoms with Gasteiger partial charge < -0.3 is 26.7 Å². The van der Waals surface area contributed by atoms with Crippen LogP contribution in [0.2, 0.25) is 0 Å². The van der Waals surface area contributed by atoms with Crippen molar-refractivity contribution in [2.45, 2.75) is 6.54 Å². The van der Waals surface area contributed by atoms with Crippen molar-refractivity contribution in [2.24, 2.45) is 7.05 Å². The van der Waals surface area contributed by atoms with Crippen molar-refractivity contribution in [2.75, 3.05) is 13.2 Å². The molecule has 0 saturated carbocycles. The molecule has 0 aliphatic rings. The van der Waals surface area contributed by atoms with E-state index in [-0.39, 0.29) is 0 Å². The number of nitrogens with zero attached hydrogens (tertiary/aromatic N) is 2. The number of imidazole rings is 1. The molecule has 9 heteroatoms. The highest BCUT2D eigenvalue weighted by Gasteiger charge is 2.20. The summed E-state index contributed by atoms with van der Waals surface area (Å²) < 4.78 is 54.1. The average Bonchev–Trinajstić information content (AvgIpc) is 2.90. The number of hydrogen-bond donors (Lipinski definition) is 0. The van der Waals surface area contributed by atoms with Crippen LogP contribution in [0.4, 0.5) is 17.3 Å². The number of benzene rings is 1. The second-order valence-corrected chi connectivity index (χ2v) is 4.80. The lowest BCUT2D eigenvalue weighted by Gasteiger charge is -2.09. The van der Waals surface area contributed by atoms with E-state index in [9.17, 15) is 17.3 Å². The quantitative estimate of drug-likeness (QED) is 0.333. The molecule has 24 heavy (non-hydrogen) atoms. The van der Waals surface area contributed by atoms with Gasteiger partial charge in [-0.15, -0.1) is 0 Å². The second kappa shape index (κ2) is 9.64. The molecule has 2 rings (SSSR count). The maximum absolute atomic E-state index is 9.75. The van der Waals surface area contributed by atoms with E-state index < -0.39 is 7.25 Å². The van der Waals surface area contributed by atoms with Crippen LogP contribution < -0.4 is 9.30 Å². The number of para-hydroxylation sites is 1. The molecule has 0 aliphatic heterocycles. The Hall–Kier alpha value is -2.45. The Bertz CT molecular complexity index is 611. The van der Waals surface area contributed by atoms with Gasteiger partial charge in [0, 0.05) is 0 Å². The molecule has 4 nitrogen and oxygen atoms in total. The fourth-order valence-electron chi connectivity index (χ4n) is 1.65. The molecule has 1 aromatic carbocycles. The van der Waals surface area contributed by atoms with Gasteiger partial charge in [0.1, 0.15) is 43.7 Å². The first kappa shape index (κ1) is 19.6. The monoisotopic (exact) mass is 346 g/mol. The van der Waals surface area contributed by atoms with Gasteiger partial charge in [0.2, 0.25) is 6.33 Å². The minimum Gasteiger partial charge on any atom is -0.491 e. The molecule has 0 N–H and O–H groups in total. The molecule has 0 bridgehead atoms. The van der Waals surface area contributed by atoms with Crippen molar-refractivity contribution in [3.63, 3.8) is 0 Å². The van der Waals surface area contributed by atoms with E-state index >= 15 is 0 Å². The molecular formula is C15H19BF4N2O2. The minimum absolute atomic E-state index is 0.378. The third-order valence-electron chi connectivity index (χ3n) is 2.62. The Morgan fingerprint density at radius 3 is 2.38 bits per heavy atom. The van der Waals surface area contributed by atoms with Gasteiger partial charge in [-0.2, -0.15) is 0 Å². The van der Waals surface area contributed by atoms with E-state index in [1.807, 2.05) is 60.7 Å². The normalized spacial score (nSPS) is 10.5. The highest BCUT2D eigenvalue weighted by molar-refractivity contribution is 6.50. The summed E-state index contributed by atoms with van der Waals surface area (Å²) in [6.45, 7) is 5.61. The second-order valence-electron chi connectivity index (χ2n) is 4.80. The van der Waals surface area contributed by atoms with Gasteiger partial charge in [-0.1, -0.05) is 24.8 Å². The molecule has 132 valence electrons. The highest BCUT2D eigenvalue weighted by Crippen LogP contribution is 2.09. The Labute approximate surface area is 138 Å². The molecule has 0 saturated heterocycles. The van der Waals surface area contributed by atoms with Crippen molar-refractivity contribution in [3.05, 3.63) is 61.4 Å². The Balaban J connectivity index is 0.000000505. The van der Waals surface area contributed by atoms with Gasteiger partial charge in [0.05, 0.1) is 7.05 Å². The van der Waals surface area contributed by atoms with Crippen molar-refractivity contribution < 1.29 is 31.3 Å². The third-order valence-corrected chi connectivity index (χ3v) is 2.62. The van der Waals surface area contributed by atoms with Crippen LogP contribution in [0, 0.1) is 0 Å². The highest BCUT2D eigenvalue weighted by atomic mass is 19.5. The zero-order valence-electron chi connectivity index (χ0n) is 13.2. The summed E-state index contributed by atoms with van der Waals surface area (Å²) in [5, 5.41) is 0. The first-order valence-electron chi connectivity index (χ1n) is 7.11. The molecule has 0 amide bonds. The lowest BCUT2D eigenvalue weighted by molar-refractivity contribution is -0.671. The zero-order chi connectivity index (χ0) is 18.0. The van der Waals surface area contributed by atoms with Gasteiger partial charge in [0.15, 0.2) is 0 Å². The van der Waals surface area contributed by atoms with Gasteiger partial charge >= 0.3 is 7.25 Å². The number of aryl methyl sites for hydroxylation is 1. The molecule has 2 aromatic rings. The van der Waals surface area contributed by atoms with E-state index in [0.717, 1.165) is 12.3 Å². The largest absolute Gasteiger partial charge is 0.673 e. The summed E-state index contributed by atoms with van der Waals surface area (Å²) in [4.78, 5) is 0. The maximum Gasteiger partial charge on any atom is 0.673 e. The predicted octanol–water partition coefficient (Wildman–Crippen LogP) is 3.22. The number of rotatable bonds is 7. The fraction of sp³-hybridized carbons (Fsp3) is 0.267. The summed E-state index contributed by atoms with van der Waals surface area (Å²) in [5.41, 5.74) is 0. The smallest absolute Gasteiger partial charge is 0.491 e. The topological polar surface area (TPSA) is 27.3 Å². The lowest BCUT2D eigenvalue weighted by atomic mass is 10.3. The van der Waals surface area contributed by atoms with Crippen LogP contribution in [0.5, 0.6) is 5.75 Å². The summed E-state index contributed by atoms with van der Waals surface area (Å²) in [6.07, 6.45) is 6.01. The van der Waals surface area contributed by atoms with E-state index in [2.05, 4.69) is 11.1 Å². The van der Waals surface area contributed by atoms with Crippen LogP contribution in [0.15, 0.2) is 61.4 Å². The maximum atomic E-state index is 9.75. The Morgan fingerprint density at radius 2 is 1.83 bits per heavy atom. The van der Waals surface area contributed by atoms with Crippen molar-refractivity contribution >= 4 is 7.25 Å². The zero-order valence-corrected chi connectivity index (χ0v) is 13.2. The lowest BCUT2D eigenvalue weighted by Crippen LogP contribution is -2.24. The predicted molar refractivity (Wildman–Crippen MR) is 82.8 cm³/mol. The molecule has 0 spiro atoms. The standard InChI is InChI=1S/C15H19N2O2.BF4/c1-14(12-19-15-6-4-3-5-7-15)18-11-10-17-9-8-16(2)13-17;2-1(3,4)5/h3-9,13H,1,10-12H2,2H3;/q+1;-1. The van der Waals surface area contributed by atoms with Crippen LogP contribution in [-0.2, 0) is 18.3 Å². The fourth-order valence-corrected chi connectivity index (χ4v) is 1.65. The van der Waals surface area contributed by atoms with Gasteiger partial charge in [0.25, 0.3) is 0 Å². The summed E-state index contributed by atoms with van der Waals surface area (Å²) >= 11 is 0. The van der Waals surface area contributed by atoms with E-state index in [1.165, 1.54) is 0 Å². The van der Waals surface area contributed by atoms with Crippen LogP contribution in [0.1, 0.15) is 0 Å². The SMILES string of the molecule is C=C(COc1ccccc1)OCCn1cc[n+](C)c1.F[B-](F)(F)F. The minimum atomic E-state index is -6.00. The Morgan fingerprint density at radius 1 is 1.21 bits per heavy atom. The van der Waals surface area contributed by atoms with Crippen molar-refractivity contribution in [3.8, 4) is 5.75 Å². The molecule has 0 atom stereocenters. The third kappa shape index (κ3) is 10.3. The molecule has 1 aromatic heterocycles. The number of hydrogen-bond acceptors (Lipinski definition) is 2. The van der Waals surface area contributed by atoms with Gasteiger partial charge in [-0.3, -0.25) is 0 Å².